The summed E-state index contributed by atoms with van der Waals surface area (Å²) in [4.78, 5) is 22.9. The highest BCUT2D eigenvalue weighted by Crippen LogP contribution is 2.29. The van der Waals surface area contributed by atoms with Crippen LogP contribution in [0.25, 0.3) is 0 Å². The second-order valence-electron chi connectivity index (χ2n) is 5.78. The molecular weight excluding hydrogens is 384 g/mol. The summed E-state index contributed by atoms with van der Waals surface area (Å²) in [6.45, 7) is 3.64. The maximum Gasteiger partial charge on any atom is 0.273 e. The van der Waals surface area contributed by atoms with Gasteiger partial charge in [-0.15, -0.1) is 10.2 Å². The molecule has 0 fully saturated rings. The minimum atomic E-state index is -0.479. The predicted molar refractivity (Wildman–Crippen MR) is 107 cm³/mol. The van der Waals surface area contributed by atoms with Crippen molar-refractivity contribution in [2.45, 2.75) is 18.2 Å². The smallest absolute Gasteiger partial charge is 0.273 e. The van der Waals surface area contributed by atoms with Crippen molar-refractivity contribution in [1.82, 2.24) is 10.2 Å². The molecule has 138 valence electrons. The van der Waals surface area contributed by atoms with Crippen LogP contribution in [0.4, 0.5) is 16.5 Å². The van der Waals surface area contributed by atoms with E-state index in [2.05, 4.69) is 15.5 Å². The van der Waals surface area contributed by atoms with Crippen LogP contribution in [0.5, 0.6) is 0 Å². The zero-order chi connectivity index (χ0) is 19.4. The maximum absolute atomic E-state index is 12.3. The highest BCUT2D eigenvalue weighted by atomic mass is 32.2. The number of nitrogens with zero attached hydrogens (tertiary/aromatic N) is 3. The van der Waals surface area contributed by atoms with E-state index in [1.807, 2.05) is 31.2 Å². The standard InChI is InChI=1S/C18H16N4O3S2/c1-11-5-3-4-6-14(11)19-17-20-21-18(27-17)26-10-16(23)13-8-7-12(2)15(9-13)22(24)25/h3-9H,10H2,1-2H3,(H,19,20). The maximum atomic E-state index is 12.3. The summed E-state index contributed by atoms with van der Waals surface area (Å²) in [5.41, 5.74) is 2.85. The van der Waals surface area contributed by atoms with Crippen LogP contribution in [0, 0.1) is 24.0 Å². The largest absolute Gasteiger partial charge is 0.330 e. The molecule has 0 unspecified atom stereocenters. The van der Waals surface area contributed by atoms with Crippen molar-refractivity contribution in [3.05, 3.63) is 69.3 Å². The van der Waals surface area contributed by atoms with Gasteiger partial charge in [0.2, 0.25) is 5.13 Å². The Kier molecular flexibility index (Phi) is 5.82. The fraction of sp³-hybridized carbons (Fsp3) is 0.167. The average molecular weight is 400 g/mol. The van der Waals surface area contributed by atoms with E-state index in [1.165, 1.54) is 29.2 Å². The van der Waals surface area contributed by atoms with Gasteiger partial charge in [-0.25, -0.2) is 0 Å². The second-order valence-corrected chi connectivity index (χ2v) is 7.98. The van der Waals surface area contributed by atoms with Gasteiger partial charge >= 0.3 is 0 Å². The number of benzene rings is 2. The molecule has 9 heteroatoms. The Balaban J connectivity index is 1.63. The zero-order valence-corrected chi connectivity index (χ0v) is 16.3. The van der Waals surface area contributed by atoms with Crippen molar-refractivity contribution in [1.29, 1.82) is 0 Å². The number of rotatable bonds is 7. The lowest BCUT2D eigenvalue weighted by Gasteiger charge is -2.04. The van der Waals surface area contributed by atoms with E-state index in [0.717, 1.165) is 11.3 Å². The number of para-hydroxylation sites is 1. The van der Waals surface area contributed by atoms with Crippen molar-refractivity contribution < 1.29 is 9.72 Å². The van der Waals surface area contributed by atoms with E-state index < -0.39 is 4.92 Å². The van der Waals surface area contributed by atoms with Crippen molar-refractivity contribution in [2.24, 2.45) is 0 Å². The van der Waals surface area contributed by atoms with Crippen LogP contribution >= 0.6 is 23.1 Å². The normalized spacial score (nSPS) is 10.6. The third-order valence-corrected chi connectivity index (χ3v) is 5.82. The average Bonchev–Trinajstić information content (AvgIpc) is 3.09. The molecular formula is C18H16N4O3S2. The fourth-order valence-electron chi connectivity index (χ4n) is 2.34. The second kappa shape index (κ2) is 8.28. The first kappa shape index (κ1) is 19.0. The molecule has 2 aromatic carbocycles. The summed E-state index contributed by atoms with van der Waals surface area (Å²) in [6.07, 6.45) is 0. The Morgan fingerprint density at radius 1 is 1.19 bits per heavy atom. The molecule has 7 nitrogen and oxygen atoms in total. The van der Waals surface area contributed by atoms with Crippen LogP contribution in [0.1, 0.15) is 21.5 Å². The number of carbonyl (C=O) groups is 1. The van der Waals surface area contributed by atoms with Gasteiger partial charge in [-0.3, -0.25) is 14.9 Å². The number of nitro groups is 1. The third kappa shape index (κ3) is 4.69. The molecule has 27 heavy (non-hydrogen) atoms. The molecule has 0 atom stereocenters. The molecule has 0 spiro atoms. The van der Waals surface area contributed by atoms with Gasteiger partial charge in [-0.2, -0.15) is 0 Å². The van der Waals surface area contributed by atoms with Crippen molar-refractivity contribution >= 4 is 45.4 Å². The van der Waals surface area contributed by atoms with Gasteiger partial charge < -0.3 is 5.32 Å². The van der Waals surface area contributed by atoms with Crippen LogP contribution in [-0.4, -0.2) is 26.7 Å². The first-order chi connectivity index (χ1) is 12.9. The number of carbonyl (C=O) groups excluding carboxylic acids is 1. The molecule has 3 rings (SSSR count). The van der Waals surface area contributed by atoms with E-state index in [1.54, 1.807) is 19.1 Å². The number of aryl methyl sites for hydroxylation is 2. The summed E-state index contributed by atoms with van der Waals surface area (Å²) < 4.78 is 0.654. The number of anilines is 2. The van der Waals surface area contributed by atoms with Gasteiger partial charge in [-0.1, -0.05) is 53.4 Å². The lowest BCUT2D eigenvalue weighted by Crippen LogP contribution is -2.04. The minimum absolute atomic E-state index is 0.0496. The summed E-state index contributed by atoms with van der Waals surface area (Å²) in [5.74, 6) is -0.0501. The molecule has 0 amide bonds. The Hall–Kier alpha value is -2.78. The number of ketones is 1. The van der Waals surface area contributed by atoms with Crippen LogP contribution in [0.2, 0.25) is 0 Å². The Bertz CT molecular complexity index is 1000. The SMILES string of the molecule is Cc1ccccc1Nc1nnc(SCC(=O)c2ccc(C)c([N+](=O)[O-])c2)s1. The Morgan fingerprint density at radius 2 is 1.96 bits per heavy atom. The molecule has 0 bridgehead atoms. The lowest BCUT2D eigenvalue weighted by atomic mass is 10.1. The molecule has 0 saturated carbocycles. The summed E-state index contributed by atoms with van der Waals surface area (Å²) in [6, 6.07) is 12.4. The molecule has 0 aliphatic rings. The van der Waals surface area contributed by atoms with Crippen LogP contribution in [0.15, 0.2) is 46.8 Å². The number of nitrogens with one attached hydrogen (secondary N) is 1. The number of Topliss-reactive ketones (excluding diaryl/α,β-unsaturated/α-hetero) is 1. The van der Waals surface area contributed by atoms with Crippen molar-refractivity contribution in [3.8, 4) is 0 Å². The molecule has 0 aliphatic heterocycles. The predicted octanol–water partition coefficient (Wildman–Crippen LogP) is 4.78. The molecule has 1 N–H and O–H groups in total. The molecule has 1 aromatic heterocycles. The van der Waals surface area contributed by atoms with Gasteiger partial charge in [0.05, 0.1) is 10.7 Å². The minimum Gasteiger partial charge on any atom is -0.330 e. The van der Waals surface area contributed by atoms with E-state index in [0.29, 0.717) is 20.6 Å². The van der Waals surface area contributed by atoms with E-state index >= 15 is 0 Å². The molecule has 3 aromatic rings. The van der Waals surface area contributed by atoms with Gasteiger partial charge in [-0.05, 0) is 25.5 Å². The van der Waals surface area contributed by atoms with Crippen LogP contribution in [0.3, 0.4) is 0 Å². The number of aromatic nitrogens is 2. The molecule has 0 saturated heterocycles. The Morgan fingerprint density at radius 3 is 2.70 bits per heavy atom. The van der Waals surface area contributed by atoms with Crippen LogP contribution in [-0.2, 0) is 0 Å². The van der Waals surface area contributed by atoms with E-state index in [9.17, 15) is 14.9 Å². The van der Waals surface area contributed by atoms with Crippen molar-refractivity contribution in [3.63, 3.8) is 0 Å². The highest BCUT2D eigenvalue weighted by Gasteiger charge is 2.16. The zero-order valence-electron chi connectivity index (χ0n) is 14.6. The first-order valence-corrected chi connectivity index (χ1v) is 9.81. The Labute approximate surface area is 164 Å². The molecule has 0 radical (unpaired) electrons. The first-order valence-electron chi connectivity index (χ1n) is 8.01. The van der Waals surface area contributed by atoms with Gasteiger partial charge in [0.1, 0.15) is 0 Å². The third-order valence-electron chi connectivity index (χ3n) is 3.85. The lowest BCUT2D eigenvalue weighted by molar-refractivity contribution is -0.385. The number of thioether (sulfide) groups is 1. The summed E-state index contributed by atoms with van der Waals surface area (Å²) >= 11 is 2.62. The number of hydrogen-bond donors (Lipinski definition) is 1. The monoisotopic (exact) mass is 400 g/mol. The fourth-order valence-corrected chi connectivity index (χ4v) is 4.00. The van der Waals surface area contributed by atoms with E-state index in [4.69, 9.17) is 0 Å². The highest BCUT2D eigenvalue weighted by molar-refractivity contribution is 8.01. The quantitative estimate of drug-likeness (QED) is 0.264. The van der Waals surface area contributed by atoms with Gasteiger partial charge in [0.15, 0.2) is 10.1 Å². The van der Waals surface area contributed by atoms with E-state index in [-0.39, 0.29) is 17.2 Å². The molecule has 1 heterocycles. The summed E-state index contributed by atoms with van der Waals surface area (Å²) in [5, 5.41) is 23.0. The van der Waals surface area contributed by atoms with Crippen LogP contribution < -0.4 is 5.32 Å². The van der Waals surface area contributed by atoms with Gasteiger partial charge in [0.25, 0.3) is 5.69 Å². The summed E-state index contributed by atoms with van der Waals surface area (Å²) in [7, 11) is 0. The molecule has 0 aliphatic carbocycles. The number of hydrogen-bond acceptors (Lipinski definition) is 8. The van der Waals surface area contributed by atoms with Gasteiger partial charge in [0, 0.05) is 22.9 Å². The topological polar surface area (TPSA) is 98.0 Å². The van der Waals surface area contributed by atoms with Crippen molar-refractivity contribution in [2.75, 3.05) is 11.1 Å². The number of nitro benzene ring substituents is 1.